The van der Waals surface area contributed by atoms with Crippen molar-refractivity contribution in [1.82, 2.24) is 10.2 Å². The molecule has 0 spiro atoms. The van der Waals surface area contributed by atoms with Gasteiger partial charge in [0, 0.05) is 30.7 Å². The lowest BCUT2D eigenvalue weighted by atomic mass is 9.97. The number of likely N-dealkylation sites (tertiary alicyclic amines) is 1. The fourth-order valence-corrected chi connectivity index (χ4v) is 5.78. The molecule has 1 N–H and O–H groups in total. The molecule has 208 valence electrons. The number of nitrogens with one attached hydrogen (secondary N) is 1. The Bertz CT molecular complexity index is 1370. The molecule has 2 aliphatic heterocycles. The monoisotopic (exact) mass is 537 g/mol. The van der Waals surface area contributed by atoms with Crippen LogP contribution in [0, 0.1) is 6.92 Å². The Hall–Kier alpha value is -3.90. The standard InChI is InChI=1S/C34H39N3O3/c1-24-9-6-12-28(21-24)23-37-30-13-4-5-14-31(30)40-32(34(37)39)22-27-15-17-29(18-16-27)33(38)35-19-8-20-36-25(2)10-7-11-26(36)3/h4-6,9,12-18,21-22,25-26H,7-8,10-11,19-20,23H2,1-3H3,(H,35,38)/b32-22+/t25-,26+. The maximum atomic E-state index is 13.5. The minimum atomic E-state index is -0.195. The van der Waals surface area contributed by atoms with Crippen LogP contribution in [0.2, 0.25) is 0 Å². The van der Waals surface area contributed by atoms with Crippen molar-refractivity contribution >= 4 is 23.6 Å². The maximum absolute atomic E-state index is 13.5. The minimum Gasteiger partial charge on any atom is -0.449 e. The molecule has 0 unspecified atom stereocenters. The summed E-state index contributed by atoms with van der Waals surface area (Å²) in [6.45, 7) is 8.76. The van der Waals surface area contributed by atoms with Gasteiger partial charge >= 0.3 is 0 Å². The van der Waals surface area contributed by atoms with Gasteiger partial charge in [-0.1, -0.05) is 60.5 Å². The highest BCUT2D eigenvalue weighted by atomic mass is 16.5. The van der Waals surface area contributed by atoms with Crippen LogP contribution < -0.4 is 15.0 Å². The van der Waals surface area contributed by atoms with Gasteiger partial charge in [-0.25, -0.2) is 0 Å². The second kappa shape index (κ2) is 12.5. The molecule has 6 nitrogen and oxygen atoms in total. The molecule has 1 saturated heterocycles. The summed E-state index contributed by atoms with van der Waals surface area (Å²) >= 11 is 0. The van der Waals surface area contributed by atoms with E-state index in [-0.39, 0.29) is 17.6 Å². The zero-order chi connectivity index (χ0) is 28.1. The number of anilines is 1. The van der Waals surface area contributed by atoms with E-state index in [0.717, 1.165) is 35.3 Å². The summed E-state index contributed by atoms with van der Waals surface area (Å²) in [6.07, 6.45) is 6.50. The molecule has 2 amide bonds. The molecule has 1 fully saturated rings. The molecule has 5 rings (SSSR count). The molecule has 2 heterocycles. The molecule has 0 radical (unpaired) electrons. The number of piperidine rings is 1. The molecule has 3 aromatic carbocycles. The molecule has 40 heavy (non-hydrogen) atoms. The highest BCUT2D eigenvalue weighted by molar-refractivity contribution is 6.09. The van der Waals surface area contributed by atoms with Crippen LogP contribution in [0.3, 0.4) is 0 Å². The maximum Gasteiger partial charge on any atom is 0.294 e. The lowest BCUT2D eigenvalue weighted by molar-refractivity contribution is -0.117. The van der Waals surface area contributed by atoms with Gasteiger partial charge < -0.3 is 10.1 Å². The summed E-state index contributed by atoms with van der Waals surface area (Å²) in [4.78, 5) is 30.6. The second-order valence-corrected chi connectivity index (χ2v) is 11.1. The Morgan fingerprint density at radius 1 is 1.00 bits per heavy atom. The summed E-state index contributed by atoms with van der Waals surface area (Å²) in [5.74, 6) is 0.622. The average molecular weight is 538 g/mol. The minimum absolute atomic E-state index is 0.0813. The van der Waals surface area contributed by atoms with Crippen LogP contribution in [-0.2, 0) is 11.3 Å². The number of hydrogen-bond acceptors (Lipinski definition) is 4. The third-order valence-corrected chi connectivity index (χ3v) is 7.98. The van der Waals surface area contributed by atoms with E-state index in [1.54, 1.807) is 23.1 Å². The number of para-hydroxylation sites is 2. The van der Waals surface area contributed by atoms with Gasteiger partial charge in [0.15, 0.2) is 11.5 Å². The Kier molecular flexibility index (Phi) is 8.66. The van der Waals surface area contributed by atoms with E-state index in [1.165, 1.54) is 19.3 Å². The van der Waals surface area contributed by atoms with Crippen LogP contribution in [0.25, 0.3) is 6.08 Å². The SMILES string of the molecule is Cc1cccc(CN2C(=O)/C(=C\c3ccc(C(=O)NCCCN4[C@H](C)CCC[C@@H]4C)cc3)Oc3ccccc32)c1. The number of carbonyl (C=O) groups is 2. The Balaban J connectivity index is 1.22. The van der Waals surface area contributed by atoms with Crippen molar-refractivity contribution in [2.75, 3.05) is 18.0 Å². The van der Waals surface area contributed by atoms with Crippen LogP contribution in [0.15, 0.2) is 78.6 Å². The number of aryl methyl sites for hydroxylation is 1. The Morgan fingerprint density at radius 2 is 1.75 bits per heavy atom. The first-order valence-electron chi connectivity index (χ1n) is 14.4. The van der Waals surface area contributed by atoms with E-state index in [2.05, 4.69) is 30.1 Å². The smallest absolute Gasteiger partial charge is 0.294 e. The van der Waals surface area contributed by atoms with Crippen molar-refractivity contribution < 1.29 is 14.3 Å². The summed E-state index contributed by atoms with van der Waals surface area (Å²) in [5.41, 5.74) is 4.35. The summed E-state index contributed by atoms with van der Waals surface area (Å²) < 4.78 is 6.03. The van der Waals surface area contributed by atoms with Gasteiger partial charge in [0.05, 0.1) is 12.2 Å². The van der Waals surface area contributed by atoms with Gasteiger partial charge in [0.2, 0.25) is 0 Å². The highest BCUT2D eigenvalue weighted by Crippen LogP contribution is 2.36. The van der Waals surface area contributed by atoms with E-state index >= 15 is 0 Å². The van der Waals surface area contributed by atoms with Crippen molar-refractivity contribution in [3.63, 3.8) is 0 Å². The summed E-state index contributed by atoms with van der Waals surface area (Å²) in [5, 5.41) is 3.05. The molecule has 6 heteroatoms. The normalized spacial score (nSPS) is 20.2. The highest BCUT2D eigenvalue weighted by Gasteiger charge is 2.30. The van der Waals surface area contributed by atoms with Crippen LogP contribution in [0.5, 0.6) is 5.75 Å². The Labute approximate surface area is 237 Å². The number of ether oxygens (including phenoxy) is 1. The van der Waals surface area contributed by atoms with E-state index in [9.17, 15) is 9.59 Å². The van der Waals surface area contributed by atoms with Crippen LogP contribution in [-0.4, -0.2) is 41.9 Å². The predicted octanol–water partition coefficient (Wildman–Crippen LogP) is 6.34. The number of rotatable bonds is 8. The van der Waals surface area contributed by atoms with E-state index in [4.69, 9.17) is 4.74 Å². The summed E-state index contributed by atoms with van der Waals surface area (Å²) in [7, 11) is 0. The molecule has 3 aromatic rings. The molecular formula is C34H39N3O3. The van der Waals surface area contributed by atoms with Crippen LogP contribution >= 0.6 is 0 Å². The van der Waals surface area contributed by atoms with Gasteiger partial charge in [0.25, 0.3) is 11.8 Å². The lowest BCUT2D eigenvalue weighted by Gasteiger charge is -2.39. The van der Waals surface area contributed by atoms with Gasteiger partial charge in [-0.2, -0.15) is 0 Å². The van der Waals surface area contributed by atoms with Gasteiger partial charge in [-0.15, -0.1) is 0 Å². The average Bonchev–Trinajstić information content (AvgIpc) is 2.95. The van der Waals surface area contributed by atoms with Crippen molar-refractivity contribution in [3.8, 4) is 5.75 Å². The largest absolute Gasteiger partial charge is 0.449 e. The number of hydrogen-bond donors (Lipinski definition) is 1. The summed E-state index contributed by atoms with van der Waals surface area (Å²) in [6, 6.07) is 24.3. The molecule has 2 atom stereocenters. The van der Waals surface area contributed by atoms with Crippen LogP contribution in [0.1, 0.15) is 66.6 Å². The Morgan fingerprint density at radius 3 is 2.50 bits per heavy atom. The molecule has 0 bridgehead atoms. The third kappa shape index (κ3) is 6.45. The van der Waals surface area contributed by atoms with Crippen molar-refractivity contribution in [1.29, 1.82) is 0 Å². The van der Waals surface area contributed by atoms with E-state index < -0.39 is 0 Å². The van der Waals surface area contributed by atoms with Crippen molar-refractivity contribution in [2.24, 2.45) is 0 Å². The number of nitrogens with zero attached hydrogens (tertiary/aromatic N) is 2. The topological polar surface area (TPSA) is 61.9 Å². The third-order valence-electron chi connectivity index (χ3n) is 7.98. The van der Waals surface area contributed by atoms with Gasteiger partial charge in [0.1, 0.15) is 0 Å². The molecule has 2 aliphatic rings. The second-order valence-electron chi connectivity index (χ2n) is 11.1. The first-order valence-corrected chi connectivity index (χ1v) is 14.4. The van der Waals surface area contributed by atoms with E-state index in [1.807, 2.05) is 61.5 Å². The number of amides is 2. The van der Waals surface area contributed by atoms with Crippen molar-refractivity contribution in [3.05, 3.63) is 101 Å². The zero-order valence-electron chi connectivity index (χ0n) is 23.7. The molecule has 0 saturated carbocycles. The molecule has 0 aliphatic carbocycles. The van der Waals surface area contributed by atoms with Crippen LogP contribution in [0.4, 0.5) is 5.69 Å². The number of benzene rings is 3. The van der Waals surface area contributed by atoms with Gasteiger partial charge in [-0.05, 0) is 81.5 Å². The number of carbonyl (C=O) groups excluding carboxylic acids is 2. The number of fused-ring (bicyclic) bond motifs is 1. The lowest BCUT2D eigenvalue weighted by Crippen LogP contribution is -2.44. The first kappa shape index (κ1) is 27.7. The predicted molar refractivity (Wildman–Crippen MR) is 160 cm³/mol. The fraction of sp³-hybridized carbons (Fsp3) is 0.353. The zero-order valence-corrected chi connectivity index (χ0v) is 23.7. The van der Waals surface area contributed by atoms with Crippen molar-refractivity contribution in [2.45, 2.75) is 65.1 Å². The van der Waals surface area contributed by atoms with Gasteiger partial charge in [-0.3, -0.25) is 19.4 Å². The van der Waals surface area contributed by atoms with E-state index in [0.29, 0.717) is 36.5 Å². The molecule has 0 aromatic heterocycles. The quantitative estimate of drug-likeness (QED) is 0.269. The first-order chi connectivity index (χ1) is 19.4. The molecular weight excluding hydrogens is 498 g/mol. The fourth-order valence-electron chi connectivity index (χ4n) is 5.78.